The van der Waals surface area contributed by atoms with E-state index in [1.165, 1.54) is 14.2 Å². The number of hydrogen-bond donors (Lipinski definition) is 3. The predicted molar refractivity (Wildman–Crippen MR) is 140 cm³/mol. The number of phenolic OH excluding ortho intramolecular Hbond substituents is 1. The summed E-state index contributed by atoms with van der Waals surface area (Å²) in [4.78, 5) is 35.4. The Morgan fingerprint density at radius 2 is 1.26 bits per heavy atom. The van der Waals surface area contributed by atoms with Gasteiger partial charge in [0.05, 0.1) is 14.2 Å². The first kappa shape index (κ1) is 28.0. The van der Waals surface area contributed by atoms with Crippen molar-refractivity contribution in [3.05, 3.63) is 77.9 Å². The van der Waals surface area contributed by atoms with E-state index in [1.807, 2.05) is 59.5 Å². The van der Waals surface area contributed by atoms with Crippen LogP contribution >= 0.6 is 0 Å². The molecule has 3 aromatic rings. The maximum Gasteiger partial charge on any atom is 0.414 e. The predicted octanol–water partition coefficient (Wildman–Crippen LogP) is 3.19. The van der Waals surface area contributed by atoms with Crippen LogP contribution in [0.1, 0.15) is 15.9 Å². The minimum atomic E-state index is -1.82. The van der Waals surface area contributed by atoms with Gasteiger partial charge in [-0.2, -0.15) is 0 Å². The molecule has 10 heteroatoms. The molecule has 3 aromatic carbocycles. The lowest BCUT2D eigenvalue weighted by molar-refractivity contribution is -0.159. The van der Waals surface area contributed by atoms with Gasteiger partial charge >= 0.3 is 11.9 Å². The van der Waals surface area contributed by atoms with Crippen LogP contribution in [0.2, 0.25) is 0 Å². The summed E-state index contributed by atoms with van der Waals surface area (Å²) in [5, 5.41) is 24.9. The summed E-state index contributed by atoms with van der Waals surface area (Å²) in [7, 11) is 3.05. The molecule has 0 bridgehead atoms. The van der Waals surface area contributed by atoms with Gasteiger partial charge in [-0.15, -0.1) is 0 Å². The number of carboxylic acids is 2. The van der Waals surface area contributed by atoms with E-state index in [-0.39, 0.29) is 11.7 Å². The van der Waals surface area contributed by atoms with Crippen molar-refractivity contribution in [2.75, 3.05) is 40.4 Å². The summed E-state index contributed by atoms with van der Waals surface area (Å²) >= 11 is 0. The molecule has 0 atom stereocenters. The molecule has 0 aliphatic carbocycles. The number of amides is 1. The topological polar surface area (TPSA) is 137 Å². The molecule has 200 valence electrons. The molecular formula is C28H30N2O8. The molecule has 0 radical (unpaired) electrons. The molecule has 1 amide bonds. The van der Waals surface area contributed by atoms with Crippen molar-refractivity contribution in [3.8, 4) is 28.4 Å². The van der Waals surface area contributed by atoms with Crippen molar-refractivity contribution in [1.29, 1.82) is 0 Å². The van der Waals surface area contributed by atoms with Crippen LogP contribution in [0, 0.1) is 0 Å². The highest BCUT2D eigenvalue weighted by Gasteiger charge is 2.23. The van der Waals surface area contributed by atoms with Crippen molar-refractivity contribution in [2.24, 2.45) is 0 Å². The monoisotopic (exact) mass is 522 g/mol. The third-order valence-electron chi connectivity index (χ3n) is 6.03. The molecule has 4 rings (SSSR count). The van der Waals surface area contributed by atoms with Crippen molar-refractivity contribution in [1.82, 2.24) is 9.80 Å². The van der Waals surface area contributed by atoms with E-state index in [0.717, 1.165) is 29.8 Å². The number of rotatable bonds is 6. The fourth-order valence-corrected chi connectivity index (χ4v) is 4.02. The van der Waals surface area contributed by atoms with Gasteiger partial charge in [-0.1, -0.05) is 42.5 Å². The van der Waals surface area contributed by atoms with Crippen LogP contribution in [0.5, 0.6) is 17.2 Å². The normalized spacial score (nSPS) is 13.2. The zero-order valence-electron chi connectivity index (χ0n) is 21.2. The van der Waals surface area contributed by atoms with E-state index in [9.17, 15) is 9.90 Å². The van der Waals surface area contributed by atoms with Crippen LogP contribution < -0.4 is 9.47 Å². The van der Waals surface area contributed by atoms with Gasteiger partial charge in [-0.25, -0.2) is 9.59 Å². The second-order valence-electron chi connectivity index (χ2n) is 8.47. The van der Waals surface area contributed by atoms with Crippen LogP contribution in [0.4, 0.5) is 0 Å². The van der Waals surface area contributed by atoms with E-state index < -0.39 is 11.9 Å². The minimum absolute atomic E-state index is 0.00690. The molecule has 1 heterocycles. The Hall–Kier alpha value is -4.57. The van der Waals surface area contributed by atoms with Crippen LogP contribution in [-0.4, -0.2) is 83.4 Å². The summed E-state index contributed by atoms with van der Waals surface area (Å²) in [6.45, 7) is 3.59. The number of carbonyl (C=O) groups excluding carboxylic acids is 1. The quantitative estimate of drug-likeness (QED) is 0.417. The van der Waals surface area contributed by atoms with Gasteiger partial charge in [0.2, 0.25) is 5.75 Å². The van der Waals surface area contributed by atoms with Gasteiger partial charge in [0, 0.05) is 38.3 Å². The average molecular weight is 523 g/mol. The molecule has 1 aliphatic rings. The summed E-state index contributed by atoms with van der Waals surface area (Å²) in [6.07, 6.45) is 0. The molecule has 38 heavy (non-hydrogen) atoms. The Labute approximate surface area is 220 Å². The molecule has 1 aliphatic heterocycles. The Bertz CT molecular complexity index is 1220. The number of aromatic hydroxyl groups is 1. The van der Waals surface area contributed by atoms with Gasteiger partial charge in [0.15, 0.2) is 11.5 Å². The Balaban J connectivity index is 0.000000599. The molecule has 10 nitrogen and oxygen atoms in total. The Morgan fingerprint density at radius 3 is 1.74 bits per heavy atom. The molecule has 1 saturated heterocycles. The largest absolute Gasteiger partial charge is 0.502 e. The highest BCUT2D eigenvalue weighted by atomic mass is 16.5. The van der Waals surface area contributed by atoms with E-state index in [0.29, 0.717) is 36.7 Å². The highest BCUT2D eigenvalue weighted by molar-refractivity contribution is 6.27. The second kappa shape index (κ2) is 13.1. The number of hydrogen-bond acceptors (Lipinski definition) is 7. The average Bonchev–Trinajstić information content (AvgIpc) is 2.94. The van der Waals surface area contributed by atoms with Gasteiger partial charge in [0.25, 0.3) is 5.91 Å². The zero-order valence-corrected chi connectivity index (χ0v) is 21.2. The van der Waals surface area contributed by atoms with Gasteiger partial charge in [-0.3, -0.25) is 9.69 Å². The number of phenols is 1. The van der Waals surface area contributed by atoms with Crippen molar-refractivity contribution < 1.29 is 39.2 Å². The molecule has 0 aromatic heterocycles. The van der Waals surface area contributed by atoms with Gasteiger partial charge < -0.3 is 29.7 Å². The molecular weight excluding hydrogens is 492 g/mol. The van der Waals surface area contributed by atoms with E-state index in [4.69, 9.17) is 29.3 Å². The number of piperazine rings is 1. The fourth-order valence-electron chi connectivity index (χ4n) is 4.02. The van der Waals surface area contributed by atoms with Crippen molar-refractivity contribution in [2.45, 2.75) is 6.54 Å². The SMILES string of the molecule is COc1cc(CN2CCN(C(=O)c3ccc(-c4ccccc4)cc3)CC2)cc(OC)c1O.O=C(O)C(=O)O. The van der Waals surface area contributed by atoms with Crippen LogP contribution in [0.15, 0.2) is 66.7 Å². The lowest BCUT2D eigenvalue weighted by Gasteiger charge is -2.35. The minimum Gasteiger partial charge on any atom is -0.502 e. The number of nitrogens with zero attached hydrogens (tertiary/aromatic N) is 2. The molecule has 1 fully saturated rings. The van der Waals surface area contributed by atoms with Gasteiger partial charge in [0.1, 0.15) is 0 Å². The number of ether oxygens (including phenoxy) is 2. The highest BCUT2D eigenvalue weighted by Crippen LogP contribution is 2.37. The molecule has 0 spiro atoms. The zero-order chi connectivity index (χ0) is 27.7. The summed E-state index contributed by atoms with van der Waals surface area (Å²) in [6, 6.07) is 21.6. The van der Waals surface area contributed by atoms with Gasteiger partial charge in [-0.05, 0) is 41.0 Å². The Morgan fingerprint density at radius 1 is 0.763 bits per heavy atom. The lowest BCUT2D eigenvalue weighted by Crippen LogP contribution is -2.48. The maximum atomic E-state index is 13.0. The standard InChI is InChI=1S/C26H28N2O4.C2H2O4/c1-31-23-16-19(17-24(32-2)25(23)29)18-27-12-14-28(15-13-27)26(30)22-10-8-21(9-11-22)20-6-4-3-5-7-20;3-1(4)2(5)6/h3-11,16-17,29H,12-15,18H2,1-2H3;(H,3,4)(H,5,6). The van der Waals surface area contributed by atoms with Crippen LogP contribution in [-0.2, 0) is 16.1 Å². The first-order chi connectivity index (χ1) is 18.2. The summed E-state index contributed by atoms with van der Waals surface area (Å²) in [5.41, 5.74) is 3.95. The third-order valence-corrected chi connectivity index (χ3v) is 6.03. The number of carbonyl (C=O) groups is 3. The first-order valence-electron chi connectivity index (χ1n) is 11.8. The van der Waals surface area contributed by atoms with Crippen LogP contribution in [0.3, 0.4) is 0 Å². The molecule has 0 saturated carbocycles. The smallest absolute Gasteiger partial charge is 0.414 e. The summed E-state index contributed by atoms with van der Waals surface area (Å²) < 4.78 is 10.5. The van der Waals surface area contributed by atoms with E-state index in [2.05, 4.69) is 17.0 Å². The molecule has 3 N–H and O–H groups in total. The fraction of sp³-hybridized carbons (Fsp3) is 0.250. The number of carboxylic acid groups (broad SMARTS) is 2. The first-order valence-corrected chi connectivity index (χ1v) is 11.8. The Kier molecular flexibility index (Phi) is 9.66. The number of benzene rings is 3. The van der Waals surface area contributed by atoms with Crippen LogP contribution in [0.25, 0.3) is 11.1 Å². The maximum absolute atomic E-state index is 13.0. The number of methoxy groups -OCH3 is 2. The lowest BCUT2D eigenvalue weighted by atomic mass is 10.0. The number of aliphatic carboxylic acids is 2. The van der Waals surface area contributed by atoms with Crippen molar-refractivity contribution in [3.63, 3.8) is 0 Å². The van der Waals surface area contributed by atoms with E-state index in [1.54, 1.807) is 0 Å². The molecule has 0 unspecified atom stereocenters. The van der Waals surface area contributed by atoms with E-state index >= 15 is 0 Å². The van der Waals surface area contributed by atoms with Crippen molar-refractivity contribution >= 4 is 17.8 Å². The third kappa shape index (κ3) is 7.23. The summed E-state index contributed by atoms with van der Waals surface area (Å²) in [5.74, 6) is -2.78. The second-order valence-corrected chi connectivity index (χ2v) is 8.47.